The summed E-state index contributed by atoms with van der Waals surface area (Å²) in [6.07, 6.45) is 0. The maximum atomic E-state index is 12.6. The number of nitriles is 1. The Bertz CT molecular complexity index is 1060. The van der Waals surface area contributed by atoms with Crippen LogP contribution in [0.4, 0.5) is 10.7 Å². The minimum Gasteiger partial charge on any atom is -0.467 e. The fraction of sp³-hybridized carbons (Fsp3) is 0.200. The molecule has 1 aromatic carbocycles. The number of amides is 2. The predicted molar refractivity (Wildman–Crippen MR) is 97.9 cm³/mol. The lowest BCUT2D eigenvalue weighted by atomic mass is 10.1. The highest BCUT2D eigenvalue weighted by molar-refractivity contribution is 7.90. The van der Waals surface area contributed by atoms with E-state index in [1.807, 2.05) is 0 Å². The first-order chi connectivity index (χ1) is 13.8. The van der Waals surface area contributed by atoms with E-state index in [-0.39, 0.29) is 34.1 Å². The van der Waals surface area contributed by atoms with E-state index in [0.717, 1.165) is 0 Å². The lowest BCUT2D eigenvalue weighted by Gasteiger charge is -2.11. The van der Waals surface area contributed by atoms with E-state index in [1.165, 1.54) is 45.6 Å². The molecule has 1 aromatic heterocycles. The number of sulfonamides is 1. The van der Waals surface area contributed by atoms with Gasteiger partial charge in [-0.25, -0.2) is 17.9 Å². The van der Waals surface area contributed by atoms with Crippen LogP contribution in [0.25, 0.3) is 0 Å². The van der Waals surface area contributed by atoms with Gasteiger partial charge >= 0.3 is 18.1 Å². The number of aromatic nitrogens is 3. The van der Waals surface area contributed by atoms with Crippen LogP contribution in [-0.4, -0.2) is 56.4 Å². The van der Waals surface area contributed by atoms with Crippen LogP contribution in [0.15, 0.2) is 34.3 Å². The zero-order valence-corrected chi connectivity index (χ0v) is 16.2. The fourth-order valence-electron chi connectivity index (χ4n) is 2.00. The van der Waals surface area contributed by atoms with Crippen LogP contribution in [0.5, 0.6) is 12.0 Å². The quantitative estimate of drug-likeness (QED) is 0.466. The van der Waals surface area contributed by atoms with Crippen molar-refractivity contribution in [3.63, 3.8) is 0 Å². The van der Waals surface area contributed by atoms with Gasteiger partial charge in [0.2, 0.25) is 5.95 Å². The lowest BCUT2D eigenvalue weighted by molar-refractivity contribution is 0.214. The normalized spacial score (nSPS) is 11.2. The number of carbonyl (C=O) groups is 1. The predicted octanol–water partition coefficient (Wildman–Crippen LogP) is 0.273. The minimum absolute atomic E-state index is 0.0550. The summed E-state index contributed by atoms with van der Waals surface area (Å²) in [5, 5.41) is 14.8. The van der Waals surface area contributed by atoms with Gasteiger partial charge in [-0.05, 0) is 6.07 Å². The zero-order valence-electron chi connectivity index (χ0n) is 15.4. The van der Waals surface area contributed by atoms with Crippen molar-refractivity contribution in [3.05, 3.63) is 29.8 Å². The average molecular weight is 421 g/mol. The molecule has 29 heavy (non-hydrogen) atoms. The van der Waals surface area contributed by atoms with E-state index < -0.39 is 16.1 Å². The van der Waals surface area contributed by atoms with Gasteiger partial charge in [-0.2, -0.15) is 15.2 Å². The summed E-state index contributed by atoms with van der Waals surface area (Å²) in [6.45, 7) is 0. The third-order valence-corrected chi connectivity index (χ3v) is 4.52. The number of hydrogen-bond donors (Lipinski definition) is 2. The summed E-state index contributed by atoms with van der Waals surface area (Å²) < 4.78 is 36.8. The first-order valence-electron chi connectivity index (χ1n) is 7.63. The number of methoxy groups -OCH3 is 2. The molecular formula is C15H15N7O6S. The van der Waals surface area contributed by atoms with Gasteiger partial charge in [0, 0.05) is 5.56 Å². The van der Waals surface area contributed by atoms with Crippen LogP contribution in [0, 0.1) is 11.3 Å². The molecule has 0 atom stereocenters. The van der Waals surface area contributed by atoms with Gasteiger partial charge in [0.1, 0.15) is 13.2 Å². The van der Waals surface area contributed by atoms with Crippen molar-refractivity contribution in [1.82, 2.24) is 19.7 Å². The Hall–Kier alpha value is -3.99. The number of rotatable bonds is 7. The number of urea groups is 1. The average Bonchev–Trinajstić information content (AvgIpc) is 2.71. The fourth-order valence-corrected chi connectivity index (χ4v) is 3.12. The molecule has 0 aliphatic heterocycles. The molecule has 152 valence electrons. The van der Waals surface area contributed by atoms with Crippen LogP contribution in [0.2, 0.25) is 0 Å². The van der Waals surface area contributed by atoms with Gasteiger partial charge in [0.05, 0.1) is 19.1 Å². The molecule has 0 saturated heterocycles. The van der Waals surface area contributed by atoms with Gasteiger partial charge < -0.3 is 14.3 Å². The number of anilines is 1. The number of nitrogens with one attached hydrogen (secondary N) is 2. The van der Waals surface area contributed by atoms with Crippen molar-refractivity contribution >= 4 is 27.7 Å². The number of ether oxygens (including phenoxy) is 2. The molecule has 1 heterocycles. The van der Waals surface area contributed by atoms with E-state index in [1.54, 1.807) is 10.8 Å². The summed E-state index contributed by atoms with van der Waals surface area (Å²) in [6, 6.07) is 5.70. The standard InChI is InChI=1S/C15H15N7O6S/c1-26-14-18-12(19-15(20-14)27-2)17-13(23)22-29(24,25)11-7-5-4-6-9(11)10(8-16)21-28-3/h4-7H,1-3H3,(H2,17,18,19,20,22,23). The van der Waals surface area contributed by atoms with E-state index in [9.17, 15) is 18.5 Å². The molecule has 2 rings (SSSR count). The first-order valence-corrected chi connectivity index (χ1v) is 9.11. The number of nitrogens with zero attached hydrogens (tertiary/aromatic N) is 5. The maximum Gasteiger partial charge on any atom is 0.335 e. The van der Waals surface area contributed by atoms with Crippen molar-refractivity contribution in [2.75, 3.05) is 26.6 Å². The van der Waals surface area contributed by atoms with Gasteiger partial charge in [-0.3, -0.25) is 5.32 Å². The summed E-state index contributed by atoms with van der Waals surface area (Å²) in [5.41, 5.74) is -0.346. The van der Waals surface area contributed by atoms with Crippen molar-refractivity contribution < 1.29 is 27.5 Å². The molecule has 0 bridgehead atoms. The Morgan fingerprint density at radius 3 is 2.28 bits per heavy atom. The minimum atomic E-state index is -4.40. The number of benzene rings is 1. The number of carbonyl (C=O) groups excluding carboxylic acids is 1. The lowest BCUT2D eigenvalue weighted by Crippen LogP contribution is -2.35. The smallest absolute Gasteiger partial charge is 0.335 e. The van der Waals surface area contributed by atoms with E-state index in [0.29, 0.717) is 0 Å². The molecule has 0 aliphatic rings. The highest BCUT2D eigenvalue weighted by Crippen LogP contribution is 2.17. The van der Waals surface area contributed by atoms with Gasteiger partial charge in [-0.15, -0.1) is 4.98 Å². The second kappa shape index (κ2) is 9.28. The number of hydrogen-bond acceptors (Lipinski definition) is 11. The first kappa shape index (κ1) is 21.3. The third-order valence-electron chi connectivity index (χ3n) is 3.13. The zero-order chi connectivity index (χ0) is 21.4. The van der Waals surface area contributed by atoms with Crippen molar-refractivity contribution in [2.24, 2.45) is 5.16 Å². The molecule has 2 aromatic rings. The van der Waals surface area contributed by atoms with Crippen LogP contribution in [0.3, 0.4) is 0 Å². The van der Waals surface area contributed by atoms with Crippen LogP contribution in [-0.2, 0) is 14.9 Å². The highest BCUT2D eigenvalue weighted by atomic mass is 32.2. The Labute approximate surface area is 165 Å². The van der Waals surface area contributed by atoms with Gasteiger partial charge in [-0.1, -0.05) is 23.4 Å². The Morgan fingerprint density at radius 1 is 1.10 bits per heavy atom. The molecule has 0 spiro atoms. The number of oxime groups is 1. The largest absolute Gasteiger partial charge is 0.467 e. The molecule has 2 N–H and O–H groups in total. The van der Waals surface area contributed by atoms with E-state index in [4.69, 9.17) is 9.47 Å². The topological polar surface area (TPSA) is 178 Å². The summed E-state index contributed by atoms with van der Waals surface area (Å²) >= 11 is 0. The Balaban J connectivity index is 2.30. The van der Waals surface area contributed by atoms with E-state index >= 15 is 0 Å². The second-order valence-corrected chi connectivity index (χ2v) is 6.57. The molecule has 0 aliphatic carbocycles. The summed E-state index contributed by atoms with van der Waals surface area (Å²) in [7, 11) is -0.620. The summed E-state index contributed by atoms with van der Waals surface area (Å²) in [4.78, 5) is 27.6. The molecule has 0 radical (unpaired) electrons. The van der Waals surface area contributed by atoms with Crippen molar-refractivity contribution in [1.29, 1.82) is 5.26 Å². The SMILES string of the molecule is CON=C(C#N)c1ccccc1S(=O)(=O)NC(=O)Nc1nc(OC)nc(OC)n1. The molecule has 0 fully saturated rings. The van der Waals surface area contributed by atoms with Gasteiger partial charge in [0.15, 0.2) is 5.71 Å². The van der Waals surface area contributed by atoms with Gasteiger partial charge in [0.25, 0.3) is 10.0 Å². The summed E-state index contributed by atoms with van der Waals surface area (Å²) in [5.74, 6) is -0.312. The third kappa shape index (κ3) is 5.26. The monoisotopic (exact) mass is 421 g/mol. The second-order valence-electron chi connectivity index (χ2n) is 4.92. The Morgan fingerprint density at radius 2 is 1.72 bits per heavy atom. The molecule has 0 saturated carbocycles. The Kier molecular flexibility index (Phi) is 6.82. The van der Waals surface area contributed by atoms with Crippen LogP contribution < -0.4 is 19.5 Å². The van der Waals surface area contributed by atoms with Crippen molar-refractivity contribution in [3.8, 4) is 18.1 Å². The van der Waals surface area contributed by atoms with Crippen LogP contribution in [0.1, 0.15) is 5.56 Å². The highest BCUT2D eigenvalue weighted by Gasteiger charge is 2.24. The molecule has 2 amide bonds. The van der Waals surface area contributed by atoms with Crippen molar-refractivity contribution in [2.45, 2.75) is 4.90 Å². The van der Waals surface area contributed by atoms with E-state index in [2.05, 4.69) is 30.3 Å². The van der Waals surface area contributed by atoms with Crippen LogP contribution >= 0.6 is 0 Å². The maximum absolute atomic E-state index is 12.6. The molecule has 14 heteroatoms. The molecule has 13 nitrogen and oxygen atoms in total. The molecular weight excluding hydrogens is 406 g/mol. The molecule has 0 unspecified atom stereocenters.